The Labute approximate surface area is 182 Å². The Morgan fingerprint density at radius 3 is 2.52 bits per heavy atom. The highest BCUT2D eigenvalue weighted by molar-refractivity contribution is 9.13. The third-order valence-electron chi connectivity index (χ3n) is 4.40. The van der Waals surface area contributed by atoms with Crippen molar-refractivity contribution in [1.29, 1.82) is 0 Å². The van der Waals surface area contributed by atoms with Crippen molar-refractivity contribution in [3.05, 3.63) is 44.3 Å². The van der Waals surface area contributed by atoms with Gasteiger partial charge in [0.2, 0.25) is 0 Å². The molecule has 0 radical (unpaired) electrons. The summed E-state index contributed by atoms with van der Waals surface area (Å²) >= 11 is 6.69. The largest absolute Gasteiger partial charge is 0.504 e. The van der Waals surface area contributed by atoms with Crippen LogP contribution in [0, 0.1) is 0 Å². The predicted octanol–water partition coefficient (Wildman–Crippen LogP) is 5.53. The van der Waals surface area contributed by atoms with Gasteiger partial charge in [0.1, 0.15) is 0 Å². The van der Waals surface area contributed by atoms with Crippen molar-refractivity contribution in [1.82, 2.24) is 0 Å². The molecule has 29 heavy (non-hydrogen) atoms. The van der Waals surface area contributed by atoms with Crippen LogP contribution in [0.5, 0.6) is 11.5 Å². The molecule has 1 heterocycles. The summed E-state index contributed by atoms with van der Waals surface area (Å²) in [4.78, 5) is 6.21. The molecular formula is C19H17Br2F3N2O3. The van der Waals surface area contributed by atoms with E-state index in [1.807, 2.05) is 4.90 Å². The Bertz CT molecular complexity index is 930. The van der Waals surface area contributed by atoms with Crippen LogP contribution in [0.4, 0.5) is 24.5 Å². The number of morpholine rings is 1. The Kier molecular flexibility index (Phi) is 6.75. The molecule has 0 saturated carbocycles. The fraction of sp³-hybridized carbons (Fsp3) is 0.316. The number of anilines is 1. The number of ether oxygens (including phenoxy) is 2. The van der Waals surface area contributed by atoms with Gasteiger partial charge in [0.25, 0.3) is 0 Å². The van der Waals surface area contributed by atoms with Gasteiger partial charge in [-0.25, -0.2) is 0 Å². The second-order valence-corrected chi connectivity index (χ2v) is 7.84. The zero-order valence-corrected chi connectivity index (χ0v) is 18.4. The second-order valence-electron chi connectivity index (χ2n) is 6.20. The summed E-state index contributed by atoms with van der Waals surface area (Å²) in [6.07, 6.45) is -3.18. The highest BCUT2D eigenvalue weighted by Gasteiger charge is 2.31. The third kappa shape index (κ3) is 4.87. The first-order chi connectivity index (χ1) is 13.7. The lowest BCUT2D eigenvalue weighted by Gasteiger charge is -2.30. The number of halogens is 5. The van der Waals surface area contributed by atoms with Gasteiger partial charge in [0.15, 0.2) is 11.5 Å². The lowest BCUT2D eigenvalue weighted by atomic mass is 10.1. The summed E-state index contributed by atoms with van der Waals surface area (Å²) < 4.78 is 51.2. The monoisotopic (exact) mass is 536 g/mol. The highest BCUT2D eigenvalue weighted by Crippen LogP contribution is 2.41. The number of phenolic OH excluding ortho intramolecular Hbond substituents is 1. The molecule has 5 nitrogen and oxygen atoms in total. The van der Waals surface area contributed by atoms with E-state index in [1.54, 1.807) is 6.07 Å². The number of aliphatic imine (C=N–C) groups is 1. The van der Waals surface area contributed by atoms with Crippen LogP contribution >= 0.6 is 31.9 Å². The van der Waals surface area contributed by atoms with E-state index < -0.39 is 11.7 Å². The number of benzene rings is 2. The SMILES string of the molecule is COc1cc(Br)c(Br)c(C=Nc2cc(C(F)(F)F)ccc2N2CCOCC2)c1O. The summed E-state index contributed by atoms with van der Waals surface area (Å²) in [5, 5.41) is 10.4. The van der Waals surface area contributed by atoms with Gasteiger partial charge in [0.05, 0.1) is 42.8 Å². The summed E-state index contributed by atoms with van der Waals surface area (Å²) in [5.74, 6) is 0.0326. The fourth-order valence-corrected chi connectivity index (χ4v) is 3.72. The number of rotatable bonds is 4. The van der Waals surface area contributed by atoms with Crippen molar-refractivity contribution in [3.8, 4) is 11.5 Å². The molecule has 0 unspecified atom stereocenters. The Balaban J connectivity index is 2.08. The molecule has 0 bridgehead atoms. The summed E-state index contributed by atoms with van der Waals surface area (Å²) in [6, 6.07) is 5.03. The zero-order valence-electron chi connectivity index (χ0n) is 15.3. The Morgan fingerprint density at radius 1 is 1.21 bits per heavy atom. The second kappa shape index (κ2) is 8.93. The molecule has 3 rings (SSSR count). The maximum atomic E-state index is 13.2. The van der Waals surface area contributed by atoms with Gasteiger partial charge < -0.3 is 19.5 Å². The number of hydrogen-bond acceptors (Lipinski definition) is 5. The van der Waals surface area contributed by atoms with Crippen LogP contribution in [0.15, 0.2) is 38.2 Å². The number of alkyl halides is 3. The molecule has 0 amide bonds. The minimum absolute atomic E-state index is 0.145. The maximum Gasteiger partial charge on any atom is 0.416 e. The van der Waals surface area contributed by atoms with Gasteiger partial charge in [0, 0.05) is 28.2 Å². The van der Waals surface area contributed by atoms with Crippen molar-refractivity contribution < 1.29 is 27.8 Å². The Hall–Kier alpha value is -1.78. The minimum atomic E-state index is -4.49. The van der Waals surface area contributed by atoms with Gasteiger partial charge in [-0.1, -0.05) is 0 Å². The van der Waals surface area contributed by atoms with E-state index in [2.05, 4.69) is 36.9 Å². The van der Waals surface area contributed by atoms with Gasteiger partial charge in [-0.15, -0.1) is 0 Å². The number of aromatic hydroxyl groups is 1. The lowest BCUT2D eigenvalue weighted by Crippen LogP contribution is -2.36. The average molecular weight is 538 g/mol. The molecule has 0 aliphatic carbocycles. The lowest BCUT2D eigenvalue weighted by molar-refractivity contribution is -0.137. The first-order valence-electron chi connectivity index (χ1n) is 8.55. The number of phenols is 1. The van der Waals surface area contributed by atoms with Crippen molar-refractivity contribution in [2.75, 3.05) is 38.3 Å². The van der Waals surface area contributed by atoms with Crippen LogP contribution in [0.2, 0.25) is 0 Å². The van der Waals surface area contributed by atoms with E-state index in [4.69, 9.17) is 9.47 Å². The first kappa shape index (κ1) is 21.9. The molecule has 156 valence electrons. The van der Waals surface area contributed by atoms with Gasteiger partial charge in [-0.05, 0) is 56.1 Å². The molecule has 1 N–H and O–H groups in total. The van der Waals surface area contributed by atoms with Crippen LogP contribution in [0.3, 0.4) is 0 Å². The molecule has 1 fully saturated rings. The van der Waals surface area contributed by atoms with Crippen LogP contribution in [0.25, 0.3) is 0 Å². The van der Waals surface area contributed by atoms with E-state index in [0.29, 0.717) is 40.9 Å². The van der Waals surface area contributed by atoms with E-state index in [-0.39, 0.29) is 22.7 Å². The summed E-state index contributed by atoms with van der Waals surface area (Å²) in [5.41, 5.74) is 0.195. The Morgan fingerprint density at radius 2 is 1.90 bits per heavy atom. The summed E-state index contributed by atoms with van der Waals surface area (Å²) in [7, 11) is 1.40. The van der Waals surface area contributed by atoms with Crippen molar-refractivity contribution >= 4 is 49.4 Å². The van der Waals surface area contributed by atoms with Gasteiger partial charge >= 0.3 is 6.18 Å². The van der Waals surface area contributed by atoms with Gasteiger partial charge in [-0.3, -0.25) is 4.99 Å². The van der Waals surface area contributed by atoms with Crippen LogP contribution < -0.4 is 9.64 Å². The molecule has 1 saturated heterocycles. The molecule has 1 aliphatic heterocycles. The highest BCUT2D eigenvalue weighted by atomic mass is 79.9. The number of hydrogen-bond donors (Lipinski definition) is 1. The molecule has 0 spiro atoms. The van der Waals surface area contributed by atoms with Crippen LogP contribution in [-0.4, -0.2) is 44.7 Å². The molecule has 0 aromatic heterocycles. The van der Waals surface area contributed by atoms with E-state index in [9.17, 15) is 18.3 Å². The van der Waals surface area contributed by atoms with E-state index in [1.165, 1.54) is 19.4 Å². The van der Waals surface area contributed by atoms with Gasteiger partial charge in [-0.2, -0.15) is 13.2 Å². The normalized spacial score (nSPS) is 15.2. The molecule has 0 atom stereocenters. The topological polar surface area (TPSA) is 54.3 Å². The van der Waals surface area contributed by atoms with Crippen LogP contribution in [0.1, 0.15) is 11.1 Å². The molecule has 2 aromatic rings. The van der Waals surface area contributed by atoms with Crippen molar-refractivity contribution in [2.24, 2.45) is 4.99 Å². The van der Waals surface area contributed by atoms with E-state index >= 15 is 0 Å². The van der Waals surface area contributed by atoms with Crippen molar-refractivity contribution in [2.45, 2.75) is 6.18 Å². The molecule has 10 heteroatoms. The molecule has 1 aliphatic rings. The predicted molar refractivity (Wildman–Crippen MR) is 112 cm³/mol. The van der Waals surface area contributed by atoms with Crippen molar-refractivity contribution in [3.63, 3.8) is 0 Å². The third-order valence-corrected chi connectivity index (χ3v) is 6.41. The fourth-order valence-electron chi connectivity index (χ4n) is 2.89. The van der Waals surface area contributed by atoms with E-state index in [0.717, 1.165) is 12.1 Å². The number of methoxy groups -OCH3 is 1. The van der Waals surface area contributed by atoms with Crippen LogP contribution in [-0.2, 0) is 10.9 Å². The first-order valence-corrected chi connectivity index (χ1v) is 10.1. The molecule has 2 aromatic carbocycles. The summed E-state index contributed by atoms with van der Waals surface area (Å²) in [6.45, 7) is 2.07. The maximum absolute atomic E-state index is 13.2. The number of nitrogens with zero attached hydrogens (tertiary/aromatic N) is 2. The molecular weight excluding hydrogens is 521 g/mol. The standard InChI is InChI=1S/C19H17Br2F3N2O3/c1-28-16-9-13(20)17(21)12(18(16)27)10-25-14-8-11(19(22,23)24)2-3-15(14)26-4-6-29-7-5-26/h2-3,8-10,27H,4-7H2,1H3. The quantitative estimate of drug-likeness (QED) is 0.521. The average Bonchev–Trinajstić information content (AvgIpc) is 2.70. The minimum Gasteiger partial charge on any atom is -0.504 e. The smallest absolute Gasteiger partial charge is 0.416 e. The zero-order chi connectivity index (χ0) is 21.2.